The Morgan fingerprint density at radius 3 is 2.60 bits per heavy atom. The molecular formula is C20H25N3O6S. The van der Waals surface area contributed by atoms with Gasteiger partial charge in [0, 0.05) is 18.0 Å². The van der Waals surface area contributed by atoms with Crippen LogP contribution in [0.2, 0.25) is 0 Å². The minimum Gasteiger partial charge on any atom is -0.455 e. The van der Waals surface area contributed by atoms with E-state index in [2.05, 4.69) is 10.2 Å². The third kappa shape index (κ3) is 5.24. The number of hydrogen-bond donors (Lipinski definition) is 1. The molecule has 1 aromatic heterocycles. The summed E-state index contributed by atoms with van der Waals surface area (Å²) in [7, 11) is -3.15. The van der Waals surface area contributed by atoms with Crippen LogP contribution in [0.4, 0.5) is 0 Å². The Labute approximate surface area is 174 Å². The molecule has 30 heavy (non-hydrogen) atoms. The number of hydrogen-bond acceptors (Lipinski definition) is 7. The average molecular weight is 436 g/mol. The highest BCUT2D eigenvalue weighted by atomic mass is 32.2. The number of H-pyrrole nitrogens is 1. The molecule has 1 amide bonds. The first-order valence-electron chi connectivity index (χ1n) is 9.78. The van der Waals surface area contributed by atoms with Crippen molar-refractivity contribution in [2.75, 3.05) is 24.7 Å². The molecule has 3 rings (SSSR count). The Balaban J connectivity index is 1.65. The van der Waals surface area contributed by atoms with Gasteiger partial charge in [-0.05, 0) is 18.4 Å². The fraction of sp³-hybridized carbons (Fsp3) is 0.500. The van der Waals surface area contributed by atoms with E-state index in [-0.39, 0.29) is 29.4 Å². The molecule has 10 heteroatoms. The van der Waals surface area contributed by atoms with Crippen molar-refractivity contribution in [1.82, 2.24) is 15.1 Å². The molecule has 0 spiro atoms. The second-order valence-electron chi connectivity index (χ2n) is 7.88. The van der Waals surface area contributed by atoms with Crippen LogP contribution in [-0.4, -0.2) is 66.1 Å². The number of aromatic nitrogens is 2. The van der Waals surface area contributed by atoms with E-state index in [0.717, 1.165) is 0 Å². The highest BCUT2D eigenvalue weighted by Gasteiger charge is 2.35. The van der Waals surface area contributed by atoms with Crippen LogP contribution in [0.25, 0.3) is 10.8 Å². The van der Waals surface area contributed by atoms with Gasteiger partial charge in [0.1, 0.15) is 0 Å². The van der Waals surface area contributed by atoms with Crippen molar-refractivity contribution >= 4 is 32.5 Å². The Morgan fingerprint density at radius 2 is 1.97 bits per heavy atom. The zero-order valence-electron chi connectivity index (χ0n) is 17.0. The summed E-state index contributed by atoms with van der Waals surface area (Å²) in [6.07, 6.45) is 0.189. The first-order chi connectivity index (χ1) is 14.2. The minimum absolute atomic E-state index is 0.0598. The van der Waals surface area contributed by atoms with Gasteiger partial charge in [0.25, 0.3) is 11.5 Å². The van der Waals surface area contributed by atoms with Gasteiger partial charge in [-0.3, -0.25) is 14.4 Å². The molecule has 0 aliphatic carbocycles. The summed E-state index contributed by atoms with van der Waals surface area (Å²) in [5.41, 5.74) is -0.00249. The van der Waals surface area contributed by atoms with E-state index in [1.165, 1.54) is 4.90 Å². The Bertz CT molecular complexity index is 1110. The van der Waals surface area contributed by atoms with Gasteiger partial charge in [0.2, 0.25) is 0 Å². The van der Waals surface area contributed by atoms with Crippen LogP contribution < -0.4 is 5.56 Å². The van der Waals surface area contributed by atoms with Gasteiger partial charge in [-0.25, -0.2) is 13.5 Å². The highest BCUT2D eigenvalue weighted by molar-refractivity contribution is 7.91. The number of aromatic amines is 1. The molecule has 2 heterocycles. The van der Waals surface area contributed by atoms with E-state index in [0.29, 0.717) is 29.4 Å². The molecule has 1 aliphatic rings. The third-order valence-corrected chi connectivity index (χ3v) is 6.73. The minimum atomic E-state index is -3.15. The molecule has 1 saturated heterocycles. The second kappa shape index (κ2) is 8.95. The van der Waals surface area contributed by atoms with Crippen LogP contribution in [0.1, 0.15) is 26.0 Å². The van der Waals surface area contributed by atoms with Gasteiger partial charge in [0.05, 0.1) is 29.0 Å². The summed E-state index contributed by atoms with van der Waals surface area (Å²) < 4.78 is 28.7. The van der Waals surface area contributed by atoms with Crippen molar-refractivity contribution in [1.29, 1.82) is 0 Å². The highest BCUT2D eigenvalue weighted by Crippen LogP contribution is 2.19. The zero-order chi connectivity index (χ0) is 21.9. The fourth-order valence-electron chi connectivity index (χ4n) is 3.59. The molecule has 1 aromatic carbocycles. The number of sulfone groups is 1. The van der Waals surface area contributed by atoms with Crippen LogP contribution in [0.15, 0.2) is 29.1 Å². The fourth-order valence-corrected chi connectivity index (χ4v) is 5.32. The molecule has 0 saturated carbocycles. The van der Waals surface area contributed by atoms with Gasteiger partial charge in [0.15, 0.2) is 16.4 Å². The Kier molecular flexibility index (Phi) is 6.55. The molecule has 1 fully saturated rings. The van der Waals surface area contributed by atoms with Crippen molar-refractivity contribution in [2.45, 2.75) is 32.7 Å². The number of nitrogens with one attached hydrogen (secondary N) is 1. The standard InChI is InChI=1S/C20H25N3O6S/c1-13(2)10-23(14-7-8-30(27,28)12-14)18(24)11-29-19(25)9-17-15-5-3-4-6-16(15)20(26)22-21-17/h3-6,13-14H,7-12H2,1-2H3,(H,22,26)/t14-/m1/s1. The number of carbonyl (C=O) groups excluding carboxylic acids is 2. The lowest BCUT2D eigenvalue weighted by atomic mass is 10.1. The molecule has 0 radical (unpaired) electrons. The van der Waals surface area contributed by atoms with Crippen molar-refractivity contribution < 1.29 is 22.7 Å². The normalized spacial score (nSPS) is 17.9. The average Bonchev–Trinajstić information content (AvgIpc) is 3.06. The maximum atomic E-state index is 12.7. The second-order valence-corrected chi connectivity index (χ2v) is 10.1. The van der Waals surface area contributed by atoms with E-state index in [9.17, 15) is 22.8 Å². The van der Waals surface area contributed by atoms with E-state index in [1.54, 1.807) is 24.3 Å². The van der Waals surface area contributed by atoms with Crippen LogP contribution >= 0.6 is 0 Å². The van der Waals surface area contributed by atoms with Crippen molar-refractivity contribution in [2.24, 2.45) is 5.92 Å². The van der Waals surface area contributed by atoms with Gasteiger partial charge in [-0.1, -0.05) is 32.0 Å². The summed E-state index contributed by atoms with van der Waals surface area (Å²) in [5.74, 6) is -0.934. The molecule has 2 aromatic rings. The molecule has 1 aliphatic heterocycles. The van der Waals surface area contributed by atoms with Crippen LogP contribution in [0, 0.1) is 5.92 Å². The lowest BCUT2D eigenvalue weighted by Gasteiger charge is -2.29. The van der Waals surface area contributed by atoms with E-state index >= 15 is 0 Å². The first-order valence-corrected chi connectivity index (χ1v) is 11.6. The van der Waals surface area contributed by atoms with Crippen molar-refractivity contribution in [3.05, 3.63) is 40.3 Å². The summed E-state index contributed by atoms with van der Waals surface area (Å²) in [6.45, 7) is 3.79. The maximum absolute atomic E-state index is 12.7. The number of benzene rings is 1. The zero-order valence-corrected chi connectivity index (χ0v) is 17.8. The number of rotatable bonds is 7. The van der Waals surface area contributed by atoms with Gasteiger partial charge in [-0.2, -0.15) is 5.10 Å². The molecule has 1 N–H and O–H groups in total. The Morgan fingerprint density at radius 1 is 1.27 bits per heavy atom. The first kappa shape index (κ1) is 21.9. The summed E-state index contributed by atoms with van der Waals surface area (Å²) in [6, 6.07) is 6.38. The summed E-state index contributed by atoms with van der Waals surface area (Å²) in [4.78, 5) is 38.3. The predicted molar refractivity (Wildman–Crippen MR) is 111 cm³/mol. The van der Waals surface area contributed by atoms with E-state index < -0.39 is 34.4 Å². The molecule has 162 valence electrons. The van der Waals surface area contributed by atoms with E-state index in [1.807, 2.05) is 13.8 Å². The quantitative estimate of drug-likeness (QED) is 0.634. The van der Waals surface area contributed by atoms with Crippen molar-refractivity contribution in [3.8, 4) is 0 Å². The maximum Gasteiger partial charge on any atom is 0.312 e. The van der Waals surface area contributed by atoms with Crippen molar-refractivity contribution in [3.63, 3.8) is 0 Å². The molecule has 1 atom stereocenters. The summed E-state index contributed by atoms with van der Waals surface area (Å²) in [5, 5.41) is 7.24. The number of fused-ring (bicyclic) bond motifs is 1. The lowest BCUT2D eigenvalue weighted by Crippen LogP contribution is -2.45. The number of ether oxygens (including phenoxy) is 1. The third-order valence-electron chi connectivity index (χ3n) is 4.97. The lowest BCUT2D eigenvalue weighted by molar-refractivity contribution is -0.152. The van der Waals surface area contributed by atoms with Crippen LogP contribution in [-0.2, 0) is 30.6 Å². The number of nitrogens with zero attached hydrogens (tertiary/aromatic N) is 2. The molecular weight excluding hydrogens is 410 g/mol. The predicted octanol–water partition coefficient (Wildman–Crippen LogP) is 0.681. The van der Waals surface area contributed by atoms with E-state index in [4.69, 9.17) is 4.74 Å². The smallest absolute Gasteiger partial charge is 0.312 e. The topological polar surface area (TPSA) is 126 Å². The number of amides is 1. The van der Waals surface area contributed by atoms with Crippen LogP contribution in [0.5, 0.6) is 0 Å². The van der Waals surface area contributed by atoms with Gasteiger partial charge >= 0.3 is 5.97 Å². The molecule has 0 unspecified atom stereocenters. The summed E-state index contributed by atoms with van der Waals surface area (Å²) >= 11 is 0. The van der Waals surface area contributed by atoms with Gasteiger partial charge in [-0.15, -0.1) is 0 Å². The van der Waals surface area contributed by atoms with Crippen LogP contribution in [0.3, 0.4) is 0 Å². The number of esters is 1. The largest absolute Gasteiger partial charge is 0.455 e. The van der Waals surface area contributed by atoms with Gasteiger partial charge < -0.3 is 9.64 Å². The number of carbonyl (C=O) groups is 2. The molecule has 9 nitrogen and oxygen atoms in total. The monoisotopic (exact) mass is 435 g/mol. The Hall–Kier alpha value is -2.75. The molecule has 0 bridgehead atoms. The SMILES string of the molecule is CC(C)CN(C(=O)COC(=O)Cc1n[nH]c(=O)c2ccccc12)[C@@H]1CCS(=O)(=O)C1.